The summed E-state index contributed by atoms with van der Waals surface area (Å²) in [7, 11) is 0. The quantitative estimate of drug-likeness (QED) is 0.494. The van der Waals surface area contributed by atoms with Gasteiger partial charge in [-0.05, 0) is 0 Å². The van der Waals surface area contributed by atoms with Gasteiger partial charge < -0.3 is 24.8 Å². The molecule has 2 aromatic carbocycles. The fourth-order valence-electron chi connectivity index (χ4n) is 5.11. The molecule has 0 spiro atoms. The van der Waals surface area contributed by atoms with Gasteiger partial charge in [0.15, 0.2) is 0 Å². The van der Waals surface area contributed by atoms with Crippen molar-refractivity contribution in [2.45, 2.75) is 44.4 Å². The Hall–Kier alpha value is -0.800. The van der Waals surface area contributed by atoms with Crippen molar-refractivity contribution in [2.75, 3.05) is 0 Å². The molecule has 168 valence electrons. The summed E-state index contributed by atoms with van der Waals surface area (Å²) >= 11 is -2.10. The van der Waals surface area contributed by atoms with E-state index in [-0.39, 0.29) is 24.8 Å². The van der Waals surface area contributed by atoms with Crippen LogP contribution in [0, 0.1) is 17.6 Å². The summed E-state index contributed by atoms with van der Waals surface area (Å²) in [6.07, 6.45) is 2.36. The number of hydrogen-bond donors (Lipinski definition) is 0. The van der Waals surface area contributed by atoms with E-state index in [1.807, 2.05) is 6.07 Å². The first-order valence-corrected chi connectivity index (χ1v) is 19.4. The van der Waals surface area contributed by atoms with Gasteiger partial charge in [0.1, 0.15) is 0 Å². The van der Waals surface area contributed by atoms with E-state index in [4.69, 9.17) is 0 Å². The van der Waals surface area contributed by atoms with Crippen molar-refractivity contribution in [1.82, 2.24) is 0 Å². The van der Waals surface area contributed by atoms with Crippen LogP contribution < -0.4 is 24.8 Å². The molecule has 2 aromatic rings. The third kappa shape index (κ3) is 4.71. The molecule has 0 saturated heterocycles. The molecule has 0 aliphatic heterocycles. The van der Waals surface area contributed by atoms with Crippen LogP contribution in [0.2, 0.25) is 13.1 Å². The first kappa shape index (κ1) is 27.4. The normalized spacial score (nSPS) is 19.0. The molecule has 4 rings (SSSR count). The molecular formula is C26H28Cl2F2SiZr. The molecular weight excluding hydrogens is 540 g/mol. The van der Waals surface area contributed by atoms with Gasteiger partial charge in [-0.3, -0.25) is 0 Å². The Kier molecular flexibility index (Phi) is 9.12. The van der Waals surface area contributed by atoms with Crippen LogP contribution in [0.25, 0.3) is 5.57 Å². The second-order valence-electron chi connectivity index (χ2n) is 8.79. The molecule has 2 atom stereocenters. The van der Waals surface area contributed by atoms with Crippen molar-refractivity contribution in [3.05, 3.63) is 96.9 Å². The maximum absolute atomic E-state index is 14.0. The molecule has 0 amide bonds. The van der Waals surface area contributed by atoms with Crippen molar-refractivity contribution in [3.63, 3.8) is 0 Å². The summed E-state index contributed by atoms with van der Waals surface area (Å²) in [5.41, 5.74) is 8.20. The zero-order valence-corrected chi connectivity index (χ0v) is 24.3. The molecule has 6 heteroatoms. The van der Waals surface area contributed by atoms with E-state index in [0.717, 1.165) is 17.2 Å². The molecule has 2 aliphatic rings. The topological polar surface area (TPSA) is 0 Å². The van der Waals surface area contributed by atoms with E-state index in [1.54, 1.807) is 3.28 Å². The van der Waals surface area contributed by atoms with Gasteiger partial charge in [-0.25, -0.2) is 0 Å². The average Bonchev–Trinajstić information content (AvgIpc) is 3.15. The summed E-state index contributed by atoms with van der Waals surface area (Å²) in [4.78, 5) is 0. The first-order chi connectivity index (χ1) is 14.2. The van der Waals surface area contributed by atoms with Crippen LogP contribution >= 0.6 is 0 Å². The van der Waals surface area contributed by atoms with Crippen LogP contribution in [0.15, 0.2) is 68.5 Å². The third-order valence-corrected chi connectivity index (χ3v) is 25.4. The van der Waals surface area contributed by atoms with E-state index in [9.17, 15) is 8.78 Å². The molecule has 0 N–H and O–H groups in total. The Morgan fingerprint density at radius 2 is 1.47 bits per heavy atom. The molecule has 0 saturated carbocycles. The maximum Gasteiger partial charge on any atom is -1.00 e. The summed E-state index contributed by atoms with van der Waals surface area (Å²) in [6.45, 7) is 14.2. The Balaban J connectivity index is 0.00000181. The fourth-order valence-corrected chi connectivity index (χ4v) is 24.8. The minimum absolute atomic E-state index is 0. The molecule has 0 fully saturated rings. The van der Waals surface area contributed by atoms with Crippen LogP contribution in [0.3, 0.4) is 0 Å². The van der Waals surface area contributed by atoms with Crippen LogP contribution in [0.1, 0.15) is 48.0 Å². The molecule has 32 heavy (non-hydrogen) atoms. The van der Waals surface area contributed by atoms with E-state index < -0.39 is 37.4 Å². The minimum Gasteiger partial charge on any atom is -1.00 e. The predicted octanol–water partition coefficient (Wildman–Crippen LogP) is 1.59. The maximum atomic E-state index is 14.0. The summed E-state index contributed by atoms with van der Waals surface area (Å²) in [5, 5.41) is 0. The van der Waals surface area contributed by atoms with Crippen LogP contribution in [0.5, 0.6) is 0 Å². The molecule has 0 heterocycles. The largest absolute Gasteiger partial charge is 1.00 e. The first-order valence-electron chi connectivity index (χ1n) is 10.5. The van der Waals surface area contributed by atoms with Gasteiger partial charge in [0.05, 0.1) is 0 Å². The second kappa shape index (κ2) is 10.6. The van der Waals surface area contributed by atoms with Crippen molar-refractivity contribution < 1.29 is 54.0 Å². The molecule has 0 nitrogen and oxygen atoms in total. The molecule has 0 radical (unpaired) electrons. The van der Waals surface area contributed by atoms with E-state index in [1.165, 1.54) is 34.4 Å². The Morgan fingerprint density at radius 3 is 2.00 bits per heavy atom. The van der Waals surface area contributed by atoms with Gasteiger partial charge in [-0.1, -0.05) is 0 Å². The average molecular weight is 569 g/mol. The number of halogens is 4. The third-order valence-electron chi connectivity index (χ3n) is 6.87. The zero-order chi connectivity index (χ0) is 21.7. The minimum atomic E-state index is -2.10. The molecule has 2 aliphatic carbocycles. The van der Waals surface area contributed by atoms with Crippen molar-refractivity contribution in [1.29, 1.82) is 0 Å². The van der Waals surface area contributed by atoms with Crippen LogP contribution in [-0.4, -0.2) is 5.43 Å². The predicted molar refractivity (Wildman–Crippen MR) is 120 cm³/mol. The van der Waals surface area contributed by atoms with Gasteiger partial charge in [0.25, 0.3) is 0 Å². The number of allylic oxidation sites excluding steroid dienone is 5. The van der Waals surface area contributed by atoms with E-state index in [0.29, 0.717) is 15.1 Å². The number of benzene rings is 2. The van der Waals surface area contributed by atoms with Gasteiger partial charge in [0, 0.05) is 0 Å². The van der Waals surface area contributed by atoms with Crippen molar-refractivity contribution in [3.8, 4) is 0 Å². The zero-order valence-electron chi connectivity index (χ0n) is 19.3. The number of fused-ring (bicyclic) bond motifs is 1. The molecule has 0 aromatic heterocycles. The monoisotopic (exact) mass is 566 g/mol. The summed E-state index contributed by atoms with van der Waals surface area (Å²) in [5.74, 6) is -0.490. The van der Waals surface area contributed by atoms with E-state index in [2.05, 4.69) is 65.1 Å². The number of rotatable bonds is 3. The number of hydrogen-bond acceptors (Lipinski definition) is 0. The van der Waals surface area contributed by atoms with Crippen molar-refractivity contribution in [2.24, 2.45) is 5.92 Å². The van der Waals surface area contributed by atoms with Crippen LogP contribution in [0.4, 0.5) is 8.78 Å². The standard InChI is InChI=1S/C15H9F2.C9H13.C2H6Si.2ClH.Zr/c16-12-7-11(8-13(17)9-12)15-6-5-10-3-1-2-4-14(10)15;1-6-5-7(2)9(4)8(6)3;1-3-2;;;/h1-9H;6H,1-4H3;1-2H3;2*1H;/q;;;;;+2/p-2. The Bertz CT molecular complexity index is 1170. The molecule has 0 bridgehead atoms. The van der Waals surface area contributed by atoms with Gasteiger partial charge >= 0.3 is 187 Å². The van der Waals surface area contributed by atoms with Crippen LogP contribution in [-0.2, 0) is 20.4 Å². The van der Waals surface area contributed by atoms with Gasteiger partial charge in [-0.15, -0.1) is 0 Å². The SMILES string of the molecule is CC1=C(C)C(C)[C]([Zr+2]([CH]2C=C(c3cc(F)cc(F)c3)c3ccccc32)=[Si](C)C)=C1C.[Cl-].[Cl-]. The second-order valence-corrected chi connectivity index (χ2v) is 26.2. The molecule has 2 unspecified atom stereocenters. The Morgan fingerprint density at radius 1 is 0.875 bits per heavy atom. The van der Waals surface area contributed by atoms with Gasteiger partial charge in [-0.2, -0.15) is 0 Å². The van der Waals surface area contributed by atoms with Gasteiger partial charge in [0.2, 0.25) is 0 Å². The van der Waals surface area contributed by atoms with Crippen molar-refractivity contribution >= 4 is 11.0 Å². The van der Waals surface area contributed by atoms with E-state index >= 15 is 0 Å². The Labute approximate surface area is 210 Å². The smallest absolute Gasteiger partial charge is 1.00 e. The fraction of sp³-hybridized carbons (Fsp3) is 0.308. The summed E-state index contributed by atoms with van der Waals surface area (Å²) in [6, 6.07) is 12.4. The summed E-state index contributed by atoms with van der Waals surface area (Å²) < 4.78 is 30.2.